The molecule has 1 amide bonds. The van der Waals surface area contributed by atoms with Crippen LogP contribution in [0.15, 0.2) is 42.6 Å². The smallest absolute Gasteiger partial charge is 0.225 e. The molecule has 0 aliphatic heterocycles. The van der Waals surface area contributed by atoms with Crippen molar-refractivity contribution in [1.82, 2.24) is 10.2 Å². The molecule has 1 aromatic carbocycles. The van der Waals surface area contributed by atoms with Crippen molar-refractivity contribution in [2.75, 3.05) is 5.32 Å². The summed E-state index contributed by atoms with van der Waals surface area (Å²) < 4.78 is 0. The third-order valence-corrected chi connectivity index (χ3v) is 2.68. The summed E-state index contributed by atoms with van der Waals surface area (Å²) in [5.41, 5.74) is 7.06. The molecule has 2 aromatic rings. The van der Waals surface area contributed by atoms with Crippen LogP contribution < -0.4 is 11.1 Å². The number of hydrogen-bond donors (Lipinski definition) is 3. The molecule has 0 aliphatic carbocycles. The Bertz CT molecular complexity index is 481. The predicted octanol–water partition coefficient (Wildman–Crippen LogP) is 1.83. The molecule has 1 heterocycles. The van der Waals surface area contributed by atoms with Gasteiger partial charge in [0.05, 0.1) is 6.20 Å². The maximum absolute atomic E-state index is 11.6. The van der Waals surface area contributed by atoms with Crippen LogP contribution in [0.5, 0.6) is 0 Å². The Morgan fingerprint density at radius 1 is 1.33 bits per heavy atom. The molecule has 0 spiro atoms. The van der Waals surface area contributed by atoms with Gasteiger partial charge in [0.25, 0.3) is 0 Å². The first-order chi connectivity index (χ1) is 8.75. The van der Waals surface area contributed by atoms with Gasteiger partial charge in [-0.3, -0.25) is 9.89 Å². The van der Waals surface area contributed by atoms with Crippen molar-refractivity contribution in [3.63, 3.8) is 0 Å². The average molecular weight is 244 g/mol. The summed E-state index contributed by atoms with van der Waals surface area (Å²) in [6.45, 7) is 0. The largest absolute Gasteiger partial charge is 0.324 e. The van der Waals surface area contributed by atoms with Crippen LogP contribution in [0.25, 0.3) is 0 Å². The van der Waals surface area contributed by atoms with Crippen LogP contribution in [0.4, 0.5) is 5.82 Å². The number of nitrogens with zero attached hydrogens (tertiary/aromatic N) is 1. The highest BCUT2D eigenvalue weighted by Crippen LogP contribution is 2.15. The summed E-state index contributed by atoms with van der Waals surface area (Å²) in [6.07, 6.45) is 2.59. The summed E-state index contributed by atoms with van der Waals surface area (Å²) in [4.78, 5) is 11.6. The molecule has 0 bridgehead atoms. The number of aromatic amines is 1. The van der Waals surface area contributed by atoms with E-state index in [0.717, 1.165) is 5.56 Å². The van der Waals surface area contributed by atoms with Crippen molar-refractivity contribution >= 4 is 11.7 Å². The molecule has 1 aromatic heterocycles. The van der Waals surface area contributed by atoms with Gasteiger partial charge in [0, 0.05) is 18.5 Å². The molecular weight excluding hydrogens is 228 g/mol. The van der Waals surface area contributed by atoms with Gasteiger partial charge < -0.3 is 11.1 Å². The second-order valence-electron chi connectivity index (χ2n) is 4.07. The molecule has 0 fully saturated rings. The number of nitrogens with two attached hydrogens (primary N) is 1. The Morgan fingerprint density at radius 2 is 2.11 bits per heavy atom. The van der Waals surface area contributed by atoms with Gasteiger partial charge in [0.2, 0.25) is 5.91 Å². The number of amides is 1. The lowest BCUT2D eigenvalue weighted by atomic mass is 10.0. The van der Waals surface area contributed by atoms with Crippen LogP contribution in [-0.2, 0) is 4.79 Å². The number of anilines is 1. The highest BCUT2D eigenvalue weighted by atomic mass is 16.1. The molecule has 18 heavy (non-hydrogen) atoms. The van der Waals surface area contributed by atoms with Crippen molar-refractivity contribution in [1.29, 1.82) is 0 Å². The van der Waals surface area contributed by atoms with Crippen LogP contribution in [0, 0.1) is 0 Å². The van der Waals surface area contributed by atoms with Gasteiger partial charge in [0.15, 0.2) is 0 Å². The summed E-state index contributed by atoms with van der Waals surface area (Å²) >= 11 is 0. The molecule has 0 aliphatic rings. The molecule has 2 rings (SSSR count). The Labute approximate surface area is 105 Å². The highest BCUT2D eigenvalue weighted by Gasteiger charge is 2.09. The number of nitrogens with one attached hydrogen (secondary N) is 2. The molecule has 0 saturated heterocycles. The molecule has 5 heteroatoms. The zero-order valence-corrected chi connectivity index (χ0v) is 9.97. The highest BCUT2D eigenvalue weighted by molar-refractivity contribution is 5.89. The van der Waals surface area contributed by atoms with E-state index in [1.165, 1.54) is 0 Å². The Kier molecular flexibility index (Phi) is 4.09. The maximum Gasteiger partial charge on any atom is 0.225 e. The lowest BCUT2D eigenvalue weighted by molar-refractivity contribution is -0.116. The second kappa shape index (κ2) is 5.97. The monoisotopic (exact) mass is 244 g/mol. The zero-order valence-electron chi connectivity index (χ0n) is 9.97. The molecule has 94 valence electrons. The minimum atomic E-state index is -0.112. The minimum Gasteiger partial charge on any atom is -0.324 e. The quantitative estimate of drug-likeness (QED) is 0.750. The molecule has 5 nitrogen and oxygen atoms in total. The van der Waals surface area contributed by atoms with Crippen molar-refractivity contribution < 1.29 is 4.79 Å². The maximum atomic E-state index is 11.6. The van der Waals surface area contributed by atoms with E-state index >= 15 is 0 Å². The number of H-pyrrole nitrogens is 1. The van der Waals surface area contributed by atoms with Crippen molar-refractivity contribution in [2.24, 2.45) is 5.73 Å². The van der Waals surface area contributed by atoms with E-state index in [2.05, 4.69) is 15.5 Å². The Balaban J connectivity index is 1.79. The van der Waals surface area contributed by atoms with Gasteiger partial charge in [-0.1, -0.05) is 30.3 Å². The Hall–Kier alpha value is -2.14. The van der Waals surface area contributed by atoms with Crippen LogP contribution in [0.2, 0.25) is 0 Å². The SMILES string of the molecule is NC(CCC(=O)Nc1ccn[nH]1)c1ccccc1. The van der Waals surface area contributed by atoms with Crippen LogP contribution >= 0.6 is 0 Å². The van der Waals surface area contributed by atoms with E-state index in [4.69, 9.17) is 5.73 Å². The lowest BCUT2D eigenvalue weighted by Gasteiger charge is -2.11. The summed E-state index contributed by atoms with van der Waals surface area (Å²) in [7, 11) is 0. The molecule has 1 atom stereocenters. The first-order valence-corrected chi connectivity index (χ1v) is 5.85. The van der Waals surface area contributed by atoms with Crippen molar-refractivity contribution in [3.8, 4) is 0 Å². The summed E-state index contributed by atoms with van der Waals surface area (Å²) in [6, 6.07) is 11.4. The number of benzene rings is 1. The van der Waals surface area contributed by atoms with E-state index in [1.807, 2.05) is 30.3 Å². The molecule has 0 radical (unpaired) electrons. The molecule has 1 unspecified atom stereocenters. The summed E-state index contributed by atoms with van der Waals surface area (Å²) in [5, 5.41) is 9.14. The third kappa shape index (κ3) is 3.43. The van der Waals surface area contributed by atoms with E-state index in [-0.39, 0.29) is 11.9 Å². The molecule has 0 saturated carbocycles. The fraction of sp³-hybridized carbons (Fsp3) is 0.231. The van der Waals surface area contributed by atoms with Crippen molar-refractivity contribution in [3.05, 3.63) is 48.2 Å². The van der Waals surface area contributed by atoms with E-state index in [1.54, 1.807) is 12.3 Å². The minimum absolute atomic E-state index is 0.0642. The topological polar surface area (TPSA) is 83.8 Å². The van der Waals surface area contributed by atoms with E-state index < -0.39 is 0 Å². The number of carbonyl (C=O) groups excluding carboxylic acids is 1. The first-order valence-electron chi connectivity index (χ1n) is 5.85. The van der Waals surface area contributed by atoms with Gasteiger partial charge in [-0.15, -0.1) is 0 Å². The first kappa shape index (κ1) is 12.3. The fourth-order valence-corrected chi connectivity index (χ4v) is 1.69. The van der Waals surface area contributed by atoms with E-state index in [0.29, 0.717) is 18.7 Å². The summed E-state index contributed by atoms with van der Waals surface area (Å²) in [5.74, 6) is 0.541. The third-order valence-electron chi connectivity index (χ3n) is 2.68. The number of rotatable bonds is 5. The van der Waals surface area contributed by atoms with Gasteiger partial charge in [-0.05, 0) is 12.0 Å². The molecule has 4 N–H and O–H groups in total. The number of carbonyl (C=O) groups is 1. The van der Waals surface area contributed by atoms with Gasteiger partial charge in [-0.2, -0.15) is 5.10 Å². The lowest BCUT2D eigenvalue weighted by Crippen LogP contribution is -2.16. The fourth-order valence-electron chi connectivity index (χ4n) is 1.69. The number of aromatic nitrogens is 2. The number of hydrogen-bond acceptors (Lipinski definition) is 3. The van der Waals surface area contributed by atoms with Gasteiger partial charge in [0.1, 0.15) is 5.82 Å². The average Bonchev–Trinajstić information content (AvgIpc) is 2.90. The predicted molar refractivity (Wildman–Crippen MR) is 69.8 cm³/mol. The van der Waals surface area contributed by atoms with Gasteiger partial charge in [-0.25, -0.2) is 0 Å². The standard InChI is InChI=1S/C13H16N4O/c14-11(10-4-2-1-3-5-10)6-7-13(18)16-12-8-9-15-17-12/h1-5,8-9,11H,6-7,14H2,(H2,15,16,17,18). The second-order valence-corrected chi connectivity index (χ2v) is 4.07. The van der Waals surface area contributed by atoms with Crippen molar-refractivity contribution in [2.45, 2.75) is 18.9 Å². The van der Waals surface area contributed by atoms with Gasteiger partial charge >= 0.3 is 0 Å². The zero-order chi connectivity index (χ0) is 12.8. The van der Waals surface area contributed by atoms with Crippen LogP contribution in [0.1, 0.15) is 24.4 Å². The van der Waals surface area contributed by atoms with Crippen LogP contribution in [0.3, 0.4) is 0 Å². The Morgan fingerprint density at radius 3 is 2.78 bits per heavy atom. The molecular formula is C13H16N4O. The van der Waals surface area contributed by atoms with Crippen LogP contribution in [-0.4, -0.2) is 16.1 Å². The normalized spacial score (nSPS) is 12.1. The van der Waals surface area contributed by atoms with E-state index in [9.17, 15) is 4.79 Å².